The van der Waals surface area contributed by atoms with Crippen molar-refractivity contribution in [2.45, 2.75) is 6.92 Å². The van der Waals surface area contributed by atoms with Gasteiger partial charge in [-0.2, -0.15) is 0 Å². The molecule has 0 aromatic carbocycles. The number of carbonyl (C=O) groups is 1. The second-order valence-electron chi connectivity index (χ2n) is 3.08. The van der Waals surface area contributed by atoms with Crippen LogP contribution in [0.3, 0.4) is 0 Å². The van der Waals surface area contributed by atoms with Crippen LogP contribution in [0.2, 0.25) is 0 Å². The molecule has 1 aliphatic heterocycles. The largest absolute Gasteiger partial charge is 0.480 e. The summed E-state index contributed by atoms with van der Waals surface area (Å²) in [5, 5.41) is 0. The van der Waals surface area contributed by atoms with Crippen molar-refractivity contribution >= 4 is 11.6 Å². The summed E-state index contributed by atoms with van der Waals surface area (Å²) in [6.07, 6.45) is 3.22. The first kappa shape index (κ1) is 9.92. The minimum Gasteiger partial charge on any atom is -0.480 e. The Balaban J connectivity index is 2.25. The number of amides is 1. The van der Waals surface area contributed by atoms with Crippen molar-refractivity contribution in [3.8, 4) is 5.75 Å². The molecule has 2 rings (SSSR count). The van der Waals surface area contributed by atoms with Crippen LogP contribution in [0, 0.1) is 0 Å². The number of fused-ring (bicyclic) bond motifs is 1. The molecule has 1 amide bonds. The van der Waals surface area contributed by atoms with E-state index in [-0.39, 0.29) is 19.2 Å². The molecule has 5 heteroatoms. The minimum atomic E-state index is -0.0952. The lowest BCUT2D eigenvalue weighted by atomic mass is 10.3. The topological polar surface area (TPSA) is 51.7 Å². The highest BCUT2D eigenvalue weighted by Crippen LogP contribution is 2.30. The molecule has 0 unspecified atom stereocenters. The summed E-state index contributed by atoms with van der Waals surface area (Å²) < 4.78 is 10.5. The Bertz CT molecular complexity index is 367. The molecule has 0 saturated heterocycles. The predicted octanol–water partition coefficient (Wildman–Crippen LogP) is 0.801. The van der Waals surface area contributed by atoms with E-state index in [4.69, 9.17) is 9.47 Å². The number of rotatable bonds is 3. The van der Waals surface area contributed by atoms with Crippen molar-refractivity contribution in [1.29, 1.82) is 0 Å². The maximum atomic E-state index is 11.6. The van der Waals surface area contributed by atoms with Gasteiger partial charge in [0.05, 0.1) is 11.9 Å². The molecule has 1 aliphatic rings. The molecule has 1 aromatic rings. The number of anilines is 1. The van der Waals surface area contributed by atoms with Crippen LogP contribution in [-0.2, 0) is 9.53 Å². The molecule has 1 aromatic heterocycles. The molecule has 0 radical (unpaired) electrons. The normalized spacial score (nSPS) is 14.7. The number of hydrogen-bond acceptors (Lipinski definition) is 4. The van der Waals surface area contributed by atoms with Crippen LogP contribution in [0.1, 0.15) is 6.92 Å². The van der Waals surface area contributed by atoms with E-state index in [1.54, 1.807) is 23.4 Å². The molecular formula is C10H12N2O3. The van der Waals surface area contributed by atoms with E-state index in [0.29, 0.717) is 12.4 Å². The third-order valence-electron chi connectivity index (χ3n) is 2.13. The summed E-state index contributed by atoms with van der Waals surface area (Å²) >= 11 is 0. The Labute approximate surface area is 87.6 Å². The summed E-state index contributed by atoms with van der Waals surface area (Å²) in [5.74, 6) is 0.527. The van der Waals surface area contributed by atoms with Gasteiger partial charge in [0.15, 0.2) is 12.4 Å². The fourth-order valence-corrected chi connectivity index (χ4v) is 1.38. The Morgan fingerprint density at radius 2 is 2.53 bits per heavy atom. The minimum absolute atomic E-state index is 0.0474. The summed E-state index contributed by atoms with van der Waals surface area (Å²) in [7, 11) is 0. The third-order valence-corrected chi connectivity index (χ3v) is 2.13. The van der Waals surface area contributed by atoms with Crippen molar-refractivity contribution in [2.75, 3.05) is 24.8 Å². The fourth-order valence-electron chi connectivity index (χ4n) is 1.38. The van der Waals surface area contributed by atoms with Crippen molar-refractivity contribution in [2.24, 2.45) is 0 Å². The molecule has 15 heavy (non-hydrogen) atoms. The summed E-state index contributed by atoms with van der Waals surface area (Å²) in [4.78, 5) is 17.1. The third kappa shape index (κ3) is 1.92. The van der Waals surface area contributed by atoms with Gasteiger partial charge in [-0.1, -0.05) is 0 Å². The molecule has 0 spiro atoms. The van der Waals surface area contributed by atoms with Gasteiger partial charge in [0.25, 0.3) is 5.91 Å². The number of pyridine rings is 1. The van der Waals surface area contributed by atoms with E-state index < -0.39 is 0 Å². The van der Waals surface area contributed by atoms with Gasteiger partial charge in [0.1, 0.15) is 6.73 Å². The van der Waals surface area contributed by atoms with Gasteiger partial charge in [-0.25, -0.2) is 0 Å². The van der Waals surface area contributed by atoms with Gasteiger partial charge in [-0.15, -0.1) is 0 Å². The molecule has 0 N–H and O–H groups in total. The van der Waals surface area contributed by atoms with Crippen LogP contribution in [-0.4, -0.2) is 30.8 Å². The lowest BCUT2D eigenvalue weighted by Gasteiger charge is -2.28. The van der Waals surface area contributed by atoms with Crippen LogP contribution in [0.15, 0.2) is 18.5 Å². The molecule has 2 heterocycles. The summed E-state index contributed by atoms with van der Waals surface area (Å²) in [5.41, 5.74) is 0.717. The molecule has 0 bridgehead atoms. The molecule has 0 saturated carbocycles. The van der Waals surface area contributed by atoms with Crippen LogP contribution >= 0.6 is 0 Å². The van der Waals surface area contributed by atoms with Crippen molar-refractivity contribution < 1.29 is 14.3 Å². The van der Waals surface area contributed by atoms with E-state index in [2.05, 4.69) is 4.98 Å². The van der Waals surface area contributed by atoms with E-state index in [1.807, 2.05) is 6.92 Å². The maximum absolute atomic E-state index is 11.6. The number of carbonyl (C=O) groups excluding carboxylic acids is 1. The highest BCUT2D eigenvalue weighted by Gasteiger charge is 2.25. The van der Waals surface area contributed by atoms with Gasteiger partial charge >= 0.3 is 0 Å². The van der Waals surface area contributed by atoms with Crippen LogP contribution in [0.4, 0.5) is 5.69 Å². The van der Waals surface area contributed by atoms with Crippen LogP contribution in [0.25, 0.3) is 0 Å². The Hall–Kier alpha value is -1.62. The fraction of sp³-hybridized carbons (Fsp3) is 0.400. The second-order valence-corrected chi connectivity index (χ2v) is 3.08. The van der Waals surface area contributed by atoms with E-state index >= 15 is 0 Å². The highest BCUT2D eigenvalue weighted by molar-refractivity contribution is 5.97. The highest BCUT2D eigenvalue weighted by atomic mass is 16.5. The van der Waals surface area contributed by atoms with Crippen LogP contribution in [0.5, 0.6) is 5.75 Å². The molecule has 80 valence electrons. The SMILES string of the molecule is CCOCN1C(=O)COc2cnccc21. The first-order chi connectivity index (χ1) is 7.33. The van der Waals surface area contributed by atoms with E-state index in [0.717, 1.165) is 5.69 Å². The number of ether oxygens (including phenoxy) is 2. The van der Waals surface area contributed by atoms with Gasteiger partial charge in [-0.05, 0) is 13.0 Å². The summed E-state index contributed by atoms with van der Waals surface area (Å²) in [6, 6.07) is 1.74. The quantitative estimate of drug-likeness (QED) is 0.737. The first-order valence-corrected chi connectivity index (χ1v) is 4.78. The molecule has 0 atom stereocenters. The zero-order valence-electron chi connectivity index (χ0n) is 8.47. The smallest absolute Gasteiger partial charge is 0.266 e. The lowest BCUT2D eigenvalue weighted by Crippen LogP contribution is -2.40. The van der Waals surface area contributed by atoms with Gasteiger partial charge in [0, 0.05) is 12.8 Å². The zero-order chi connectivity index (χ0) is 10.7. The average Bonchev–Trinajstić information content (AvgIpc) is 2.28. The summed E-state index contributed by atoms with van der Waals surface area (Å²) in [6.45, 7) is 2.77. The van der Waals surface area contributed by atoms with E-state index in [1.165, 1.54) is 0 Å². The number of nitrogens with zero attached hydrogens (tertiary/aromatic N) is 2. The molecule has 0 aliphatic carbocycles. The number of hydrogen-bond donors (Lipinski definition) is 0. The second kappa shape index (κ2) is 4.27. The Morgan fingerprint density at radius 1 is 1.67 bits per heavy atom. The zero-order valence-corrected chi connectivity index (χ0v) is 8.47. The number of aromatic nitrogens is 1. The molecule has 5 nitrogen and oxygen atoms in total. The van der Waals surface area contributed by atoms with Crippen LogP contribution < -0.4 is 9.64 Å². The monoisotopic (exact) mass is 208 g/mol. The lowest BCUT2D eigenvalue weighted by molar-refractivity contribution is -0.122. The van der Waals surface area contributed by atoms with Crippen molar-refractivity contribution in [1.82, 2.24) is 4.98 Å². The van der Waals surface area contributed by atoms with E-state index in [9.17, 15) is 4.79 Å². The predicted molar refractivity (Wildman–Crippen MR) is 53.7 cm³/mol. The molecule has 0 fully saturated rings. The van der Waals surface area contributed by atoms with Crippen molar-refractivity contribution in [3.05, 3.63) is 18.5 Å². The first-order valence-electron chi connectivity index (χ1n) is 4.78. The Kier molecular flexibility index (Phi) is 2.82. The standard InChI is InChI=1S/C10H12N2O3/c1-2-14-7-12-8-3-4-11-5-9(8)15-6-10(12)13/h3-5H,2,6-7H2,1H3. The molecular weight excluding hydrogens is 196 g/mol. The average molecular weight is 208 g/mol. The van der Waals surface area contributed by atoms with Gasteiger partial charge < -0.3 is 9.47 Å². The van der Waals surface area contributed by atoms with Gasteiger partial charge in [0.2, 0.25) is 0 Å². The Morgan fingerprint density at radius 3 is 3.33 bits per heavy atom. The van der Waals surface area contributed by atoms with Gasteiger partial charge in [-0.3, -0.25) is 14.7 Å². The maximum Gasteiger partial charge on any atom is 0.266 e. The van der Waals surface area contributed by atoms with Crippen molar-refractivity contribution in [3.63, 3.8) is 0 Å².